The van der Waals surface area contributed by atoms with E-state index in [4.69, 9.17) is 0 Å². The summed E-state index contributed by atoms with van der Waals surface area (Å²) >= 11 is 0. The van der Waals surface area contributed by atoms with Gasteiger partial charge in [0.25, 0.3) is 0 Å². The second kappa shape index (κ2) is 6.23. The summed E-state index contributed by atoms with van der Waals surface area (Å²) in [6.45, 7) is 9.65. The number of aryl methyl sites for hydroxylation is 3. The lowest BCUT2D eigenvalue weighted by Gasteiger charge is -2.20. The number of hydrogen-bond acceptors (Lipinski definition) is 2. The third kappa shape index (κ3) is 2.93. The largest absolute Gasteiger partial charge is 0.310 e. The molecular formula is C17H25N3. The molecule has 0 aliphatic heterocycles. The molecule has 0 fully saturated rings. The maximum atomic E-state index is 4.38. The molecule has 1 heterocycles. The highest BCUT2D eigenvalue weighted by molar-refractivity contribution is 5.35. The van der Waals surface area contributed by atoms with Crippen molar-refractivity contribution in [2.45, 2.75) is 40.2 Å². The van der Waals surface area contributed by atoms with E-state index in [9.17, 15) is 0 Å². The number of rotatable bonds is 5. The normalized spacial score (nSPS) is 12.7. The second-order valence-corrected chi connectivity index (χ2v) is 5.49. The third-order valence-electron chi connectivity index (χ3n) is 4.15. The SMILES string of the molecule is CCNC(Cc1c(C)cccc1C)c1cnn(C)c1C. The molecule has 1 aromatic heterocycles. The lowest BCUT2D eigenvalue weighted by atomic mass is 9.93. The van der Waals surface area contributed by atoms with Crippen molar-refractivity contribution in [1.82, 2.24) is 15.1 Å². The van der Waals surface area contributed by atoms with Gasteiger partial charge in [0.05, 0.1) is 6.20 Å². The van der Waals surface area contributed by atoms with Gasteiger partial charge in [0.2, 0.25) is 0 Å². The maximum absolute atomic E-state index is 4.38. The predicted octanol–water partition coefficient (Wildman–Crippen LogP) is 3.24. The fraction of sp³-hybridized carbons (Fsp3) is 0.471. The number of aromatic nitrogens is 2. The van der Waals surface area contributed by atoms with Gasteiger partial charge in [0.15, 0.2) is 0 Å². The summed E-state index contributed by atoms with van der Waals surface area (Å²) in [5.41, 5.74) is 6.73. The van der Waals surface area contributed by atoms with E-state index >= 15 is 0 Å². The van der Waals surface area contributed by atoms with Gasteiger partial charge in [-0.1, -0.05) is 25.1 Å². The molecule has 0 aliphatic carbocycles. The molecule has 108 valence electrons. The topological polar surface area (TPSA) is 29.9 Å². The van der Waals surface area contributed by atoms with Crippen LogP contribution in [0.3, 0.4) is 0 Å². The molecule has 1 aromatic carbocycles. The van der Waals surface area contributed by atoms with E-state index < -0.39 is 0 Å². The summed E-state index contributed by atoms with van der Waals surface area (Å²) in [6, 6.07) is 6.85. The van der Waals surface area contributed by atoms with Gasteiger partial charge in [-0.05, 0) is 50.4 Å². The monoisotopic (exact) mass is 271 g/mol. The minimum atomic E-state index is 0.327. The predicted molar refractivity (Wildman–Crippen MR) is 84.0 cm³/mol. The van der Waals surface area contributed by atoms with Gasteiger partial charge in [-0.3, -0.25) is 4.68 Å². The Hall–Kier alpha value is -1.61. The molecule has 0 amide bonds. The fourth-order valence-corrected chi connectivity index (χ4v) is 2.77. The minimum absolute atomic E-state index is 0.327. The number of nitrogens with one attached hydrogen (secondary N) is 1. The van der Waals surface area contributed by atoms with Crippen LogP contribution in [0.15, 0.2) is 24.4 Å². The van der Waals surface area contributed by atoms with Crippen molar-refractivity contribution < 1.29 is 0 Å². The maximum Gasteiger partial charge on any atom is 0.0540 e. The Morgan fingerprint density at radius 3 is 2.35 bits per heavy atom. The van der Waals surface area contributed by atoms with E-state index in [1.54, 1.807) is 0 Å². The van der Waals surface area contributed by atoms with Crippen molar-refractivity contribution in [3.63, 3.8) is 0 Å². The van der Waals surface area contributed by atoms with Crippen molar-refractivity contribution in [3.05, 3.63) is 52.3 Å². The Morgan fingerprint density at radius 1 is 1.20 bits per heavy atom. The van der Waals surface area contributed by atoms with Gasteiger partial charge in [-0.25, -0.2) is 0 Å². The average molecular weight is 271 g/mol. The van der Waals surface area contributed by atoms with Gasteiger partial charge in [-0.15, -0.1) is 0 Å². The standard InChI is InChI=1S/C17H25N3/c1-6-18-17(16-11-19-20(5)14(16)4)10-15-12(2)8-7-9-13(15)3/h7-9,11,17-18H,6,10H2,1-5H3. The van der Waals surface area contributed by atoms with Crippen LogP contribution in [-0.2, 0) is 13.5 Å². The molecule has 1 atom stereocenters. The van der Waals surface area contributed by atoms with Crippen molar-refractivity contribution in [1.29, 1.82) is 0 Å². The Labute approximate surface area is 122 Å². The summed E-state index contributed by atoms with van der Waals surface area (Å²) < 4.78 is 1.95. The molecule has 3 heteroatoms. The highest BCUT2D eigenvalue weighted by Crippen LogP contribution is 2.24. The zero-order valence-electron chi connectivity index (χ0n) is 13.2. The van der Waals surface area contributed by atoms with Crippen LogP contribution in [0.25, 0.3) is 0 Å². The Balaban J connectivity index is 2.33. The zero-order chi connectivity index (χ0) is 14.7. The van der Waals surface area contributed by atoms with Crippen molar-refractivity contribution in [2.75, 3.05) is 6.54 Å². The molecular weight excluding hydrogens is 246 g/mol. The lowest BCUT2D eigenvalue weighted by molar-refractivity contribution is 0.544. The van der Waals surface area contributed by atoms with E-state index in [1.807, 2.05) is 17.9 Å². The van der Waals surface area contributed by atoms with Gasteiger partial charge in [-0.2, -0.15) is 5.10 Å². The van der Waals surface area contributed by atoms with Crippen molar-refractivity contribution >= 4 is 0 Å². The quantitative estimate of drug-likeness (QED) is 0.904. The van der Waals surface area contributed by atoms with Crippen molar-refractivity contribution in [3.8, 4) is 0 Å². The fourth-order valence-electron chi connectivity index (χ4n) is 2.77. The summed E-state index contributed by atoms with van der Waals surface area (Å²) in [6.07, 6.45) is 3.01. The summed E-state index contributed by atoms with van der Waals surface area (Å²) in [7, 11) is 2.00. The number of benzene rings is 1. The van der Waals surface area contributed by atoms with Gasteiger partial charge < -0.3 is 5.32 Å². The second-order valence-electron chi connectivity index (χ2n) is 5.49. The molecule has 1 unspecified atom stereocenters. The van der Waals surface area contributed by atoms with E-state index in [2.05, 4.69) is 56.3 Å². The van der Waals surface area contributed by atoms with Gasteiger partial charge >= 0.3 is 0 Å². The first kappa shape index (κ1) is 14.8. The summed E-state index contributed by atoms with van der Waals surface area (Å²) in [4.78, 5) is 0. The first-order valence-corrected chi connectivity index (χ1v) is 7.31. The van der Waals surface area contributed by atoms with E-state index in [0.29, 0.717) is 6.04 Å². The summed E-state index contributed by atoms with van der Waals surface area (Å²) in [5, 5.41) is 7.99. The first-order valence-electron chi connectivity index (χ1n) is 7.31. The molecule has 0 saturated carbocycles. The highest BCUT2D eigenvalue weighted by Gasteiger charge is 2.18. The Bertz CT molecular complexity index is 564. The molecule has 20 heavy (non-hydrogen) atoms. The van der Waals surface area contributed by atoms with Crippen LogP contribution in [0.1, 0.15) is 40.9 Å². The van der Waals surface area contributed by atoms with Crippen LogP contribution in [0.2, 0.25) is 0 Å². The smallest absolute Gasteiger partial charge is 0.0540 e. The van der Waals surface area contributed by atoms with Crippen LogP contribution in [0.4, 0.5) is 0 Å². The van der Waals surface area contributed by atoms with Crippen LogP contribution in [0, 0.1) is 20.8 Å². The number of hydrogen-bond donors (Lipinski definition) is 1. The van der Waals surface area contributed by atoms with Gasteiger partial charge in [0.1, 0.15) is 0 Å². The molecule has 0 spiro atoms. The van der Waals surface area contributed by atoms with Crippen LogP contribution in [0.5, 0.6) is 0 Å². The molecule has 2 rings (SSSR count). The van der Waals surface area contributed by atoms with E-state index in [0.717, 1.165) is 13.0 Å². The molecule has 2 aromatic rings. The highest BCUT2D eigenvalue weighted by atomic mass is 15.3. The molecule has 0 aliphatic rings. The number of nitrogens with zero attached hydrogens (tertiary/aromatic N) is 2. The van der Waals surface area contributed by atoms with Crippen molar-refractivity contribution in [2.24, 2.45) is 7.05 Å². The zero-order valence-corrected chi connectivity index (χ0v) is 13.2. The Kier molecular flexibility index (Phi) is 4.61. The van der Waals surface area contributed by atoms with E-state index in [-0.39, 0.29) is 0 Å². The summed E-state index contributed by atoms with van der Waals surface area (Å²) in [5.74, 6) is 0. The first-order chi connectivity index (χ1) is 9.54. The average Bonchev–Trinajstić information content (AvgIpc) is 2.73. The van der Waals surface area contributed by atoms with Crippen LogP contribution >= 0.6 is 0 Å². The minimum Gasteiger partial charge on any atom is -0.310 e. The van der Waals surface area contributed by atoms with Crippen LogP contribution in [-0.4, -0.2) is 16.3 Å². The molecule has 0 radical (unpaired) electrons. The number of likely N-dealkylation sites (N-methyl/N-ethyl adjacent to an activating group) is 1. The molecule has 0 bridgehead atoms. The van der Waals surface area contributed by atoms with E-state index in [1.165, 1.54) is 27.9 Å². The van der Waals surface area contributed by atoms with Crippen LogP contribution < -0.4 is 5.32 Å². The van der Waals surface area contributed by atoms with Gasteiger partial charge in [0, 0.05) is 24.3 Å². The Morgan fingerprint density at radius 2 is 1.85 bits per heavy atom. The molecule has 1 N–H and O–H groups in total. The molecule has 3 nitrogen and oxygen atoms in total. The lowest BCUT2D eigenvalue weighted by Crippen LogP contribution is -2.24. The third-order valence-corrected chi connectivity index (χ3v) is 4.15. The molecule has 0 saturated heterocycles.